The van der Waals surface area contributed by atoms with Crippen LogP contribution in [0.4, 0.5) is 5.69 Å². The van der Waals surface area contributed by atoms with Crippen LogP contribution in [0.2, 0.25) is 5.02 Å². The van der Waals surface area contributed by atoms with Gasteiger partial charge in [-0.15, -0.1) is 0 Å². The maximum atomic E-state index is 6.02. The molecular weight excluding hydrogens is 284 g/mol. The lowest BCUT2D eigenvalue weighted by atomic mass is 10.1. The second kappa shape index (κ2) is 4.46. The standard InChI is InChI=1S/C16H11ClN4/c17-11-7-12(18)15-14(8-11)20-16(21-15)10-3-4-13-9(6-10)2-1-5-19-13/h1-8H,18H2,(H,20,21). The van der Waals surface area contributed by atoms with Crippen LogP contribution in [-0.2, 0) is 0 Å². The van der Waals surface area contributed by atoms with E-state index in [1.54, 1.807) is 12.3 Å². The highest BCUT2D eigenvalue weighted by atomic mass is 35.5. The number of H-pyrrole nitrogens is 1. The lowest BCUT2D eigenvalue weighted by molar-refractivity contribution is 1.33. The Balaban J connectivity index is 1.93. The molecule has 0 atom stereocenters. The van der Waals surface area contributed by atoms with E-state index in [0.717, 1.165) is 33.3 Å². The summed E-state index contributed by atoms with van der Waals surface area (Å²) >= 11 is 6.02. The Kier molecular flexibility index (Phi) is 2.59. The van der Waals surface area contributed by atoms with Gasteiger partial charge in [-0.3, -0.25) is 4.98 Å². The monoisotopic (exact) mass is 294 g/mol. The fraction of sp³-hybridized carbons (Fsp3) is 0. The minimum atomic E-state index is 0.572. The van der Waals surface area contributed by atoms with Crippen molar-refractivity contribution in [2.24, 2.45) is 0 Å². The van der Waals surface area contributed by atoms with Crippen LogP contribution < -0.4 is 5.73 Å². The van der Waals surface area contributed by atoms with Crippen LogP contribution in [0, 0.1) is 0 Å². The summed E-state index contributed by atoms with van der Waals surface area (Å²) in [5, 5.41) is 1.67. The van der Waals surface area contributed by atoms with Crippen molar-refractivity contribution in [1.29, 1.82) is 0 Å². The molecule has 0 aliphatic carbocycles. The fourth-order valence-corrected chi connectivity index (χ4v) is 2.69. The number of anilines is 1. The average molecular weight is 295 g/mol. The number of halogens is 1. The second-order valence-electron chi connectivity index (χ2n) is 4.89. The summed E-state index contributed by atoms with van der Waals surface area (Å²) in [6.07, 6.45) is 1.78. The topological polar surface area (TPSA) is 67.6 Å². The van der Waals surface area contributed by atoms with Gasteiger partial charge in [-0.05, 0) is 36.4 Å². The third kappa shape index (κ3) is 2.00. The Morgan fingerprint density at radius 2 is 2.00 bits per heavy atom. The van der Waals surface area contributed by atoms with E-state index in [2.05, 4.69) is 21.0 Å². The highest BCUT2D eigenvalue weighted by molar-refractivity contribution is 6.31. The Labute approximate surface area is 125 Å². The van der Waals surface area contributed by atoms with Gasteiger partial charge in [-0.1, -0.05) is 17.7 Å². The molecule has 4 nitrogen and oxygen atoms in total. The Morgan fingerprint density at radius 3 is 2.90 bits per heavy atom. The van der Waals surface area contributed by atoms with Gasteiger partial charge in [0.1, 0.15) is 11.3 Å². The van der Waals surface area contributed by atoms with Crippen LogP contribution in [0.5, 0.6) is 0 Å². The predicted molar refractivity (Wildman–Crippen MR) is 86.3 cm³/mol. The quantitative estimate of drug-likeness (QED) is 0.521. The molecule has 21 heavy (non-hydrogen) atoms. The van der Waals surface area contributed by atoms with E-state index in [1.807, 2.05) is 30.3 Å². The molecule has 0 bridgehead atoms. The second-order valence-corrected chi connectivity index (χ2v) is 5.32. The Morgan fingerprint density at radius 1 is 1.10 bits per heavy atom. The van der Waals surface area contributed by atoms with Crippen molar-refractivity contribution < 1.29 is 0 Å². The third-order valence-corrected chi connectivity index (χ3v) is 3.68. The molecule has 0 saturated heterocycles. The highest BCUT2D eigenvalue weighted by Gasteiger charge is 2.09. The molecule has 0 saturated carbocycles. The number of nitrogens with one attached hydrogen (secondary N) is 1. The molecule has 4 aromatic rings. The number of hydrogen-bond donors (Lipinski definition) is 2. The number of nitrogens with two attached hydrogens (primary N) is 1. The van der Waals surface area contributed by atoms with Gasteiger partial charge in [0.2, 0.25) is 0 Å². The zero-order valence-corrected chi connectivity index (χ0v) is 11.7. The summed E-state index contributed by atoms with van der Waals surface area (Å²) in [7, 11) is 0. The first-order chi connectivity index (χ1) is 10.2. The van der Waals surface area contributed by atoms with E-state index < -0.39 is 0 Å². The molecule has 2 heterocycles. The van der Waals surface area contributed by atoms with Gasteiger partial charge >= 0.3 is 0 Å². The first-order valence-electron chi connectivity index (χ1n) is 6.50. The van der Waals surface area contributed by atoms with Crippen LogP contribution in [-0.4, -0.2) is 15.0 Å². The molecule has 102 valence electrons. The van der Waals surface area contributed by atoms with Gasteiger partial charge < -0.3 is 10.7 Å². The number of hydrogen-bond acceptors (Lipinski definition) is 3. The first-order valence-corrected chi connectivity index (χ1v) is 6.88. The smallest absolute Gasteiger partial charge is 0.138 e. The first kappa shape index (κ1) is 12.2. The number of imidazole rings is 1. The largest absolute Gasteiger partial charge is 0.397 e. The normalized spacial score (nSPS) is 11.3. The number of benzene rings is 2. The number of pyridine rings is 1. The minimum Gasteiger partial charge on any atom is -0.397 e. The van der Waals surface area contributed by atoms with Crippen molar-refractivity contribution in [1.82, 2.24) is 15.0 Å². The number of nitrogens with zero attached hydrogens (tertiary/aromatic N) is 2. The molecule has 0 spiro atoms. The average Bonchev–Trinajstić information content (AvgIpc) is 2.91. The number of nitrogen functional groups attached to an aromatic ring is 1. The molecule has 0 unspecified atom stereocenters. The molecule has 0 amide bonds. The molecule has 0 aliphatic heterocycles. The van der Waals surface area contributed by atoms with Crippen LogP contribution in [0.15, 0.2) is 48.7 Å². The van der Waals surface area contributed by atoms with Gasteiger partial charge in [0.15, 0.2) is 0 Å². The van der Waals surface area contributed by atoms with Crippen LogP contribution in [0.3, 0.4) is 0 Å². The number of aromatic amines is 1. The number of rotatable bonds is 1. The van der Waals surface area contributed by atoms with Gasteiger partial charge in [0.05, 0.1) is 16.7 Å². The summed E-state index contributed by atoms with van der Waals surface area (Å²) in [6, 6.07) is 13.5. The molecule has 5 heteroatoms. The summed E-state index contributed by atoms with van der Waals surface area (Å²) in [6.45, 7) is 0. The molecule has 0 aliphatic rings. The predicted octanol–water partition coefficient (Wildman–Crippen LogP) is 4.01. The fourth-order valence-electron chi connectivity index (χ4n) is 2.47. The van der Waals surface area contributed by atoms with Crippen molar-refractivity contribution >= 4 is 39.2 Å². The lowest BCUT2D eigenvalue weighted by Gasteiger charge is -1.99. The van der Waals surface area contributed by atoms with E-state index in [0.29, 0.717) is 10.7 Å². The molecule has 2 aromatic carbocycles. The van der Waals surface area contributed by atoms with Crippen molar-refractivity contribution in [2.45, 2.75) is 0 Å². The maximum absolute atomic E-state index is 6.02. The molecular formula is C16H11ClN4. The van der Waals surface area contributed by atoms with Crippen molar-refractivity contribution in [3.8, 4) is 11.4 Å². The SMILES string of the molecule is Nc1cc(Cl)cc2[nH]c(-c3ccc4ncccc4c3)nc12. The lowest BCUT2D eigenvalue weighted by Crippen LogP contribution is -1.86. The zero-order valence-electron chi connectivity index (χ0n) is 11.0. The van der Waals surface area contributed by atoms with Crippen LogP contribution >= 0.6 is 11.6 Å². The Bertz CT molecular complexity index is 975. The summed E-state index contributed by atoms with van der Waals surface area (Å²) in [5.41, 5.74) is 10.1. The summed E-state index contributed by atoms with van der Waals surface area (Å²) < 4.78 is 0. The van der Waals surface area contributed by atoms with Gasteiger partial charge in [0, 0.05) is 22.2 Å². The van der Waals surface area contributed by atoms with Crippen LogP contribution in [0.1, 0.15) is 0 Å². The van der Waals surface area contributed by atoms with Crippen LogP contribution in [0.25, 0.3) is 33.3 Å². The molecule has 0 radical (unpaired) electrons. The van der Waals surface area contributed by atoms with Crippen molar-refractivity contribution in [3.63, 3.8) is 0 Å². The number of fused-ring (bicyclic) bond motifs is 2. The molecule has 0 fully saturated rings. The van der Waals surface area contributed by atoms with E-state index in [-0.39, 0.29) is 0 Å². The Hall–Kier alpha value is -2.59. The molecule has 3 N–H and O–H groups in total. The van der Waals surface area contributed by atoms with E-state index in [4.69, 9.17) is 17.3 Å². The minimum absolute atomic E-state index is 0.572. The zero-order chi connectivity index (χ0) is 14.4. The number of aromatic nitrogens is 3. The van der Waals surface area contributed by atoms with Gasteiger partial charge in [-0.2, -0.15) is 0 Å². The van der Waals surface area contributed by atoms with E-state index in [9.17, 15) is 0 Å². The summed E-state index contributed by atoms with van der Waals surface area (Å²) in [4.78, 5) is 12.1. The molecule has 4 rings (SSSR count). The van der Waals surface area contributed by atoms with Gasteiger partial charge in [-0.25, -0.2) is 4.98 Å². The van der Waals surface area contributed by atoms with Crippen molar-refractivity contribution in [3.05, 3.63) is 53.7 Å². The summed E-state index contributed by atoms with van der Waals surface area (Å²) in [5.74, 6) is 0.768. The highest BCUT2D eigenvalue weighted by Crippen LogP contribution is 2.28. The van der Waals surface area contributed by atoms with Crippen molar-refractivity contribution in [2.75, 3.05) is 5.73 Å². The third-order valence-electron chi connectivity index (χ3n) is 3.46. The van der Waals surface area contributed by atoms with Gasteiger partial charge in [0.25, 0.3) is 0 Å². The maximum Gasteiger partial charge on any atom is 0.138 e. The van der Waals surface area contributed by atoms with E-state index in [1.165, 1.54) is 0 Å². The molecule has 2 aromatic heterocycles. The van der Waals surface area contributed by atoms with E-state index >= 15 is 0 Å².